The number of esters is 1. The van der Waals surface area contributed by atoms with E-state index in [4.69, 9.17) is 9.84 Å². The number of rotatable bonds is 6. The third-order valence-corrected chi connectivity index (χ3v) is 4.17. The predicted octanol–water partition coefficient (Wildman–Crippen LogP) is 1.94. The Labute approximate surface area is 140 Å². The van der Waals surface area contributed by atoms with Crippen LogP contribution in [0.2, 0.25) is 0 Å². The summed E-state index contributed by atoms with van der Waals surface area (Å²) in [6, 6.07) is 3.65. The molecule has 0 saturated heterocycles. The highest BCUT2D eigenvalue weighted by Gasteiger charge is 2.24. The van der Waals surface area contributed by atoms with Gasteiger partial charge in [-0.25, -0.2) is 9.78 Å². The fraction of sp³-hybridized carbons (Fsp3) is 0.471. The van der Waals surface area contributed by atoms with Crippen molar-refractivity contribution in [2.75, 3.05) is 18.5 Å². The van der Waals surface area contributed by atoms with Crippen LogP contribution in [0.25, 0.3) is 0 Å². The molecule has 0 spiro atoms. The highest BCUT2D eigenvalue weighted by molar-refractivity contribution is 5.89. The monoisotopic (exact) mass is 330 g/mol. The lowest BCUT2D eigenvalue weighted by Gasteiger charge is -2.24. The molecule has 2 aromatic rings. The molecule has 3 rings (SSSR count). The van der Waals surface area contributed by atoms with Crippen molar-refractivity contribution in [2.45, 2.75) is 38.8 Å². The third kappa shape index (κ3) is 3.41. The number of fused-ring (bicyclic) bond motifs is 1. The number of aromatic nitrogens is 3. The van der Waals surface area contributed by atoms with Crippen molar-refractivity contribution in [3.63, 3.8) is 0 Å². The molecule has 7 heteroatoms. The van der Waals surface area contributed by atoms with Crippen LogP contribution < -0.4 is 5.32 Å². The van der Waals surface area contributed by atoms with Gasteiger partial charge in [0.25, 0.3) is 0 Å². The first-order valence-electron chi connectivity index (χ1n) is 8.28. The Morgan fingerprint density at radius 1 is 1.46 bits per heavy atom. The van der Waals surface area contributed by atoms with Crippen molar-refractivity contribution >= 4 is 11.8 Å². The van der Waals surface area contributed by atoms with E-state index in [-0.39, 0.29) is 18.6 Å². The summed E-state index contributed by atoms with van der Waals surface area (Å²) in [5, 5.41) is 16.9. The quantitative estimate of drug-likeness (QED) is 0.787. The van der Waals surface area contributed by atoms with E-state index < -0.39 is 0 Å². The van der Waals surface area contributed by atoms with Gasteiger partial charge in [-0.05, 0) is 38.3 Å². The molecule has 128 valence electrons. The molecule has 2 heterocycles. The standard InChI is InChI=1S/C17H22N4O3/c1-2-24-17(23)12-6-7-16(18-10-12)20-14-4-3-5-15-13(14)11-19-21(15)8-9-22/h6-7,10-11,14,22H,2-5,8-9H2,1H3,(H,18,20). The minimum atomic E-state index is -0.359. The molecule has 1 atom stereocenters. The highest BCUT2D eigenvalue weighted by Crippen LogP contribution is 2.32. The molecule has 24 heavy (non-hydrogen) atoms. The molecule has 1 unspecified atom stereocenters. The van der Waals surface area contributed by atoms with E-state index in [1.165, 1.54) is 11.9 Å². The second kappa shape index (κ2) is 7.44. The summed E-state index contributed by atoms with van der Waals surface area (Å²) in [6.45, 7) is 2.73. The molecule has 0 bridgehead atoms. The number of aliphatic hydroxyl groups is 1. The van der Waals surface area contributed by atoms with Crippen LogP contribution in [0.3, 0.4) is 0 Å². The maximum absolute atomic E-state index is 11.7. The van der Waals surface area contributed by atoms with Crippen LogP contribution in [0.1, 0.15) is 47.4 Å². The van der Waals surface area contributed by atoms with Gasteiger partial charge in [0.1, 0.15) is 5.82 Å². The third-order valence-electron chi connectivity index (χ3n) is 4.17. The van der Waals surface area contributed by atoms with Crippen LogP contribution in [0, 0.1) is 0 Å². The molecule has 0 amide bonds. The number of nitrogens with one attached hydrogen (secondary N) is 1. The van der Waals surface area contributed by atoms with Crippen molar-refractivity contribution in [1.82, 2.24) is 14.8 Å². The molecule has 1 aliphatic carbocycles. The minimum absolute atomic E-state index is 0.0864. The maximum atomic E-state index is 11.7. The Morgan fingerprint density at radius 2 is 2.33 bits per heavy atom. The summed E-state index contributed by atoms with van der Waals surface area (Å²) >= 11 is 0. The van der Waals surface area contributed by atoms with Gasteiger partial charge in [-0.2, -0.15) is 5.10 Å². The molecule has 0 radical (unpaired) electrons. The molecular formula is C17H22N4O3. The van der Waals surface area contributed by atoms with Crippen molar-refractivity contribution in [3.05, 3.63) is 41.3 Å². The van der Waals surface area contributed by atoms with E-state index >= 15 is 0 Å². The van der Waals surface area contributed by atoms with E-state index in [0.29, 0.717) is 18.7 Å². The lowest BCUT2D eigenvalue weighted by Crippen LogP contribution is -2.19. The minimum Gasteiger partial charge on any atom is -0.462 e. The Kier molecular flexibility index (Phi) is 5.10. The first-order valence-corrected chi connectivity index (χ1v) is 8.28. The van der Waals surface area contributed by atoms with Gasteiger partial charge in [0.15, 0.2) is 0 Å². The second-order valence-corrected chi connectivity index (χ2v) is 5.74. The summed E-state index contributed by atoms with van der Waals surface area (Å²) < 4.78 is 6.83. The van der Waals surface area contributed by atoms with Crippen LogP contribution in [-0.4, -0.2) is 39.1 Å². The Bertz CT molecular complexity index is 696. The number of hydrogen-bond donors (Lipinski definition) is 2. The van der Waals surface area contributed by atoms with E-state index in [2.05, 4.69) is 15.4 Å². The number of hydrogen-bond acceptors (Lipinski definition) is 6. The number of nitrogens with zero attached hydrogens (tertiary/aromatic N) is 3. The van der Waals surface area contributed by atoms with Crippen molar-refractivity contribution in [3.8, 4) is 0 Å². The van der Waals surface area contributed by atoms with E-state index in [9.17, 15) is 4.79 Å². The number of carbonyl (C=O) groups is 1. The van der Waals surface area contributed by atoms with Gasteiger partial charge in [-0.15, -0.1) is 0 Å². The topological polar surface area (TPSA) is 89.3 Å². The second-order valence-electron chi connectivity index (χ2n) is 5.74. The van der Waals surface area contributed by atoms with E-state index in [1.807, 2.05) is 10.9 Å². The predicted molar refractivity (Wildman–Crippen MR) is 88.8 cm³/mol. The number of anilines is 1. The Balaban J connectivity index is 1.72. The first kappa shape index (κ1) is 16.4. The van der Waals surface area contributed by atoms with Crippen molar-refractivity contribution < 1.29 is 14.6 Å². The normalized spacial score (nSPS) is 16.5. The molecule has 0 fully saturated rings. The molecule has 7 nitrogen and oxygen atoms in total. The summed E-state index contributed by atoms with van der Waals surface area (Å²) in [6.07, 6.45) is 6.43. The van der Waals surface area contributed by atoms with Gasteiger partial charge >= 0.3 is 5.97 Å². The zero-order chi connectivity index (χ0) is 16.9. The number of carbonyl (C=O) groups excluding carboxylic acids is 1. The number of ether oxygens (including phenoxy) is 1. The lowest BCUT2D eigenvalue weighted by atomic mass is 9.93. The maximum Gasteiger partial charge on any atom is 0.339 e. The molecule has 2 aromatic heterocycles. The van der Waals surface area contributed by atoms with Crippen molar-refractivity contribution in [1.29, 1.82) is 0 Å². The Hall–Kier alpha value is -2.41. The lowest BCUT2D eigenvalue weighted by molar-refractivity contribution is 0.0526. The van der Waals surface area contributed by atoms with Crippen LogP contribution in [-0.2, 0) is 17.7 Å². The summed E-state index contributed by atoms with van der Waals surface area (Å²) in [7, 11) is 0. The number of pyridine rings is 1. The highest BCUT2D eigenvalue weighted by atomic mass is 16.5. The van der Waals surface area contributed by atoms with Crippen molar-refractivity contribution in [2.24, 2.45) is 0 Å². The van der Waals surface area contributed by atoms with E-state index in [1.54, 1.807) is 19.1 Å². The molecule has 0 aliphatic heterocycles. The summed E-state index contributed by atoms with van der Waals surface area (Å²) in [4.78, 5) is 16.0. The van der Waals surface area contributed by atoms with Gasteiger partial charge in [-0.1, -0.05) is 0 Å². The Morgan fingerprint density at radius 3 is 3.04 bits per heavy atom. The van der Waals surface area contributed by atoms with Crippen LogP contribution in [0.5, 0.6) is 0 Å². The molecule has 1 aliphatic rings. The summed E-state index contributed by atoms with van der Waals surface area (Å²) in [5.74, 6) is 0.359. The zero-order valence-corrected chi connectivity index (χ0v) is 13.7. The zero-order valence-electron chi connectivity index (χ0n) is 13.7. The molecule has 2 N–H and O–H groups in total. The van der Waals surface area contributed by atoms with Crippen LogP contribution in [0.15, 0.2) is 24.5 Å². The fourth-order valence-corrected chi connectivity index (χ4v) is 3.05. The smallest absolute Gasteiger partial charge is 0.339 e. The SMILES string of the molecule is CCOC(=O)c1ccc(NC2CCCc3c2cnn3CCO)nc1. The largest absolute Gasteiger partial charge is 0.462 e. The van der Waals surface area contributed by atoms with Gasteiger partial charge in [0, 0.05) is 17.5 Å². The van der Waals surface area contributed by atoms with Gasteiger partial charge < -0.3 is 15.2 Å². The van der Waals surface area contributed by atoms with Gasteiger partial charge in [-0.3, -0.25) is 4.68 Å². The molecule has 0 saturated carbocycles. The average Bonchev–Trinajstić information content (AvgIpc) is 3.00. The molecular weight excluding hydrogens is 308 g/mol. The van der Waals surface area contributed by atoms with Crippen LogP contribution >= 0.6 is 0 Å². The molecule has 0 aromatic carbocycles. The fourth-order valence-electron chi connectivity index (χ4n) is 3.05. The van der Waals surface area contributed by atoms with Gasteiger partial charge in [0.2, 0.25) is 0 Å². The van der Waals surface area contributed by atoms with Gasteiger partial charge in [0.05, 0.1) is 37.6 Å². The van der Waals surface area contributed by atoms with Crippen LogP contribution in [0.4, 0.5) is 5.82 Å². The first-order chi connectivity index (χ1) is 11.7. The summed E-state index contributed by atoms with van der Waals surface area (Å²) in [5.41, 5.74) is 2.78. The van der Waals surface area contributed by atoms with E-state index in [0.717, 1.165) is 30.6 Å². The number of aliphatic hydroxyl groups excluding tert-OH is 1. The average molecular weight is 330 g/mol.